The summed E-state index contributed by atoms with van der Waals surface area (Å²) in [4.78, 5) is 23.3. The van der Waals surface area contributed by atoms with E-state index in [2.05, 4.69) is 5.32 Å². The van der Waals surface area contributed by atoms with Crippen LogP contribution in [-0.2, 0) is 16.1 Å². The lowest BCUT2D eigenvalue weighted by molar-refractivity contribution is -0.139. The van der Waals surface area contributed by atoms with Crippen LogP contribution in [-0.4, -0.2) is 30.1 Å². The molecule has 21 heavy (non-hydrogen) atoms. The fourth-order valence-corrected chi connectivity index (χ4v) is 2.13. The number of carbonyl (C=O) groups is 2. The first kappa shape index (κ1) is 15.1. The molecule has 0 aliphatic heterocycles. The van der Waals surface area contributed by atoms with E-state index in [0.717, 1.165) is 5.39 Å². The zero-order chi connectivity index (χ0) is 15.4. The second-order valence-electron chi connectivity index (χ2n) is 4.61. The number of aliphatic carboxylic acids is 1. The van der Waals surface area contributed by atoms with E-state index in [1.165, 1.54) is 7.11 Å². The Kier molecular flexibility index (Phi) is 4.59. The number of carbonyl (C=O) groups excluding carboxylic acids is 1. The Morgan fingerprint density at radius 1 is 1.38 bits per heavy atom. The molecular weight excluding hydrogens is 274 g/mol. The van der Waals surface area contributed by atoms with Gasteiger partial charge in [-0.3, -0.25) is 4.79 Å². The van der Waals surface area contributed by atoms with Gasteiger partial charge in [0.25, 0.3) is 5.91 Å². The first-order valence-corrected chi connectivity index (χ1v) is 6.61. The lowest BCUT2D eigenvalue weighted by Crippen LogP contribution is -2.40. The Bertz CT molecular complexity index is 661. The molecule has 6 heteroatoms. The highest BCUT2D eigenvalue weighted by atomic mass is 16.5. The zero-order valence-electron chi connectivity index (χ0n) is 11.9. The topological polar surface area (TPSA) is 88.8 Å². The van der Waals surface area contributed by atoms with E-state index in [1.807, 2.05) is 12.1 Å². The second-order valence-corrected chi connectivity index (χ2v) is 4.61. The molecule has 0 aliphatic rings. The van der Waals surface area contributed by atoms with Crippen molar-refractivity contribution >= 4 is 22.8 Å². The number of rotatable bonds is 6. The van der Waals surface area contributed by atoms with E-state index in [4.69, 9.17) is 14.3 Å². The van der Waals surface area contributed by atoms with Gasteiger partial charge in [0.15, 0.2) is 5.76 Å². The minimum Gasteiger partial charge on any atom is -0.480 e. The van der Waals surface area contributed by atoms with Crippen LogP contribution in [0.3, 0.4) is 0 Å². The van der Waals surface area contributed by atoms with Crippen LogP contribution >= 0.6 is 0 Å². The van der Waals surface area contributed by atoms with Gasteiger partial charge in [-0.25, -0.2) is 4.79 Å². The first-order chi connectivity index (χ1) is 10.1. The normalized spacial score (nSPS) is 12.3. The second kappa shape index (κ2) is 6.41. The molecule has 0 aliphatic carbocycles. The number of carboxylic acids is 1. The number of para-hydroxylation sites is 1. The predicted octanol–water partition coefficient (Wildman–Crippen LogP) is 2.17. The summed E-state index contributed by atoms with van der Waals surface area (Å²) >= 11 is 0. The molecule has 1 aromatic carbocycles. The van der Waals surface area contributed by atoms with Gasteiger partial charge < -0.3 is 19.6 Å². The number of hydrogen-bond donors (Lipinski definition) is 2. The SMILES string of the molecule is CCC(NC(=O)c1oc2ccccc2c1COC)C(=O)O. The molecule has 2 rings (SSSR count). The Hall–Kier alpha value is -2.34. The molecule has 0 fully saturated rings. The molecule has 0 radical (unpaired) electrons. The maximum absolute atomic E-state index is 12.3. The number of hydrogen-bond acceptors (Lipinski definition) is 4. The molecule has 1 atom stereocenters. The van der Waals surface area contributed by atoms with E-state index in [1.54, 1.807) is 19.1 Å². The van der Waals surface area contributed by atoms with Gasteiger partial charge in [-0.15, -0.1) is 0 Å². The number of amides is 1. The Labute approximate surface area is 121 Å². The minimum absolute atomic E-state index is 0.0951. The zero-order valence-corrected chi connectivity index (χ0v) is 11.9. The molecule has 2 aromatic rings. The van der Waals surface area contributed by atoms with Gasteiger partial charge in [0, 0.05) is 18.1 Å². The third-order valence-electron chi connectivity index (χ3n) is 3.20. The summed E-state index contributed by atoms with van der Waals surface area (Å²) < 4.78 is 10.7. The summed E-state index contributed by atoms with van der Waals surface area (Å²) in [5.74, 6) is -1.53. The fraction of sp³-hybridized carbons (Fsp3) is 0.333. The van der Waals surface area contributed by atoms with Crippen molar-refractivity contribution in [3.05, 3.63) is 35.6 Å². The van der Waals surface area contributed by atoms with Gasteiger partial charge in [0.1, 0.15) is 11.6 Å². The fourth-order valence-electron chi connectivity index (χ4n) is 2.13. The molecule has 6 nitrogen and oxygen atoms in total. The molecule has 1 amide bonds. The molecular formula is C15H17NO5. The average molecular weight is 291 g/mol. The van der Waals surface area contributed by atoms with Gasteiger partial charge in [0.2, 0.25) is 0 Å². The highest BCUT2D eigenvalue weighted by Gasteiger charge is 2.24. The maximum atomic E-state index is 12.3. The number of benzene rings is 1. The standard InChI is InChI=1S/C15H17NO5/c1-3-11(15(18)19)16-14(17)13-10(8-20-2)9-6-4-5-7-12(9)21-13/h4-7,11H,3,8H2,1-2H3,(H,16,17)(H,18,19). The van der Waals surface area contributed by atoms with Crippen LogP contribution in [0.1, 0.15) is 29.5 Å². The lowest BCUT2D eigenvalue weighted by atomic mass is 10.1. The molecule has 1 aromatic heterocycles. The Morgan fingerprint density at radius 3 is 2.71 bits per heavy atom. The predicted molar refractivity (Wildman–Crippen MR) is 76.1 cm³/mol. The van der Waals surface area contributed by atoms with Gasteiger partial charge in [-0.2, -0.15) is 0 Å². The van der Waals surface area contributed by atoms with Crippen molar-refractivity contribution in [3.63, 3.8) is 0 Å². The number of nitrogens with one attached hydrogen (secondary N) is 1. The molecule has 0 saturated heterocycles. The molecule has 0 spiro atoms. The number of furan rings is 1. The maximum Gasteiger partial charge on any atom is 0.326 e. The van der Waals surface area contributed by atoms with Crippen LogP contribution in [0, 0.1) is 0 Å². The van der Waals surface area contributed by atoms with Crippen molar-refractivity contribution in [2.75, 3.05) is 7.11 Å². The first-order valence-electron chi connectivity index (χ1n) is 6.61. The number of methoxy groups -OCH3 is 1. The van der Waals surface area contributed by atoms with E-state index in [0.29, 0.717) is 17.6 Å². The van der Waals surface area contributed by atoms with Crippen LogP contribution in [0.4, 0.5) is 0 Å². The van der Waals surface area contributed by atoms with Crippen LogP contribution < -0.4 is 5.32 Å². The highest BCUT2D eigenvalue weighted by Crippen LogP contribution is 2.26. The van der Waals surface area contributed by atoms with Crippen LogP contribution in [0.15, 0.2) is 28.7 Å². The molecule has 1 heterocycles. The highest BCUT2D eigenvalue weighted by molar-refractivity contribution is 6.00. The van der Waals surface area contributed by atoms with E-state index in [-0.39, 0.29) is 12.4 Å². The molecule has 0 saturated carbocycles. The minimum atomic E-state index is -1.07. The van der Waals surface area contributed by atoms with Crippen molar-refractivity contribution in [2.24, 2.45) is 0 Å². The Morgan fingerprint density at radius 2 is 2.10 bits per heavy atom. The van der Waals surface area contributed by atoms with Crippen LogP contribution in [0.5, 0.6) is 0 Å². The lowest BCUT2D eigenvalue weighted by Gasteiger charge is -2.11. The molecule has 2 N–H and O–H groups in total. The summed E-state index contributed by atoms with van der Waals surface area (Å²) in [6.07, 6.45) is 0.293. The van der Waals surface area contributed by atoms with Gasteiger partial charge in [-0.1, -0.05) is 25.1 Å². The van der Waals surface area contributed by atoms with E-state index >= 15 is 0 Å². The average Bonchev–Trinajstić information content (AvgIpc) is 2.84. The number of fused-ring (bicyclic) bond motifs is 1. The van der Waals surface area contributed by atoms with Crippen molar-refractivity contribution in [3.8, 4) is 0 Å². The van der Waals surface area contributed by atoms with Crippen LogP contribution in [0.2, 0.25) is 0 Å². The number of carboxylic acid groups (broad SMARTS) is 1. The van der Waals surface area contributed by atoms with Gasteiger partial charge >= 0.3 is 5.97 Å². The van der Waals surface area contributed by atoms with Gasteiger partial charge in [-0.05, 0) is 12.5 Å². The summed E-state index contributed by atoms with van der Waals surface area (Å²) in [7, 11) is 1.52. The number of ether oxygens (including phenoxy) is 1. The molecule has 0 bridgehead atoms. The molecule has 112 valence electrons. The summed E-state index contributed by atoms with van der Waals surface area (Å²) in [5.41, 5.74) is 1.18. The van der Waals surface area contributed by atoms with Crippen molar-refractivity contribution in [2.45, 2.75) is 26.0 Å². The summed E-state index contributed by atoms with van der Waals surface area (Å²) in [6, 6.07) is 6.28. The van der Waals surface area contributed by atoms with Crippen molar-refractivity contribution in [1.29, 1.82) is 0 Å². The summed E-state index contributed by atoms with van der Waals surface area (Å²) in [6.45, 7) is 1.90. The Balaban J connectivity index is 2.38. The third kappa shape index (κ3) is 3.05. The largest absolute Gasteiger partial charge is 0.480 e. The quantitative estimate of drug-likeness (QED) is 0.851. The van der Waals surface area contributed by atoms with Crippen molar-refractivity contribution < 1.29 is 23.8 Å². The van der Waals surface area contributed by atoms with Crippen molar-refractivity contribution in [1.82, 2.24) is 5.32 Å². The smallest absolute Gasteiger partial charge is 0.326 e. The van der Waals surface area contributed by atoms with E-state index < -0.39 is 17.9 Å². The van der Waals surface area contributed by atoms with Crippen LogP contribution in [0.25, 0.3) is 11.0 Å². The van der Waals surface area contributed by atoms with E-state index in [9.17, 15) is 9.59 Å². The third-order valence-corrected chi connectivity index (χ3v) is 3.20. The monoisotopic (exact) mass is 291 g/mol. The molecule has 1 unspecified atom stereocenters. The van der Waals surface area contributed by atoms with Gasteiger partial charge in [0.05, 0.1) is 6.61 Å². The summed E-state index contributed by atoms with van der Waals surface area (Å²) in [5, 5.41) is 12.3.